The number of amides is 2. The second kappa shape index (κ2) is 8.69. The highest BCUT2D eigenvalue weighted by Gasteiger charge is 2.30. The van der Waals surface area contributed by atoms with Gasteiger partial charge in [0.15, 0.2) is 0 Å². The van der Waals surface area contributed by atoms with Crippen molar-refractivity contribution in [2.24, 2.45) is 0 Å². The highest BCUT2D eigenvalue weighted by atomic mass is 35.5. The number of fused-ring (bicyclic) bond motifs is 1. The van der Waals surface area contributed by atoms with E-state index in [0.717, 1.165) is 25.1 Å². The van der Waals surface area contributed by atoms with Crippen molar-refractivity contribution in [3.05, 3.63) is 63.9 Å². The lowest BCUT2D eigenvalue weighted by molar-refractivity contribution is 0.0812. The van der Waals surface area contributed by atoms with E-state index in [2.05, 4.69) is 35.0 Å². The third-order valence-corrected chi connectivity index (χ3v) is 5.92. The Kier molecular flexibility index (Phi) is 6.04. The largest absolute Gasteiger partial charge is 0.390 e. The molecular weight excluding hydrogens is 388 g/mol. The number of urea groups is 1. The zero-order chi connectivity index (χ0) is 20.4. The molecule has 4 rings (SSSR count). The molecule has 2 aliphatic heterocycles. The molecule has 0 bridgehead atoms. The Morgan fingerprint density at radius 3 is 2.72 bits per heavy atom. The number of hydrogen-bond donors (Lipinski definition) is 1. The van der Waals surface area contributed by atoms with E-state index in [1.54, 1.807) is 22.1 Å². The first kappa shape index (κ1) is 20.1. The van der Waals surface area contributed by atoms with Crippen LogP contribution in [0.3, 0.4) is 0 Å². The summed E-state index contributed by atoms with van der Waals surface area (Å²) in [5.74, 6) is 0. The van der Waals surface area contributed by atoms with Crippen molar-refractivity contribution in [2.75, 3.05) is 32.7 Å². The Labute approximate surface area is 176 Å². The lowest BCUT2D eigenvalue weighted by Gasteiger charge is -2.31. The second-order valence-corrected chi connectivity index (χ2v) is 8.44. The van der Waals surface area contributed by atoms with E-state index in [4.69, 9.17) is 11.6 Å². The van der Waals surface area contributed by atoms with Crippen LogP contribution in [-0.4, -0.2) is 69.6 Å². The minimum atomic E-state index is -0.553. The Morgan fingerprint density at radius 2 is 1.93 bits per heavy atom. The summed E-state index contributed by atoms with van der Waals surface area (Å²) < 4.78 is 0. The quantitative estimate of drug-likeness (QED) is 0.738. The lowest BCUT2D eigenvalue weighted by Crippen LogP contribution is -2.43. The molecule has 2 amide bonds. The Morgan fingerprint density at radius 1 is 1.10 bits per heavy atom. The van der Waals surface area contributed by atoms with Crippen molar-refractivity contribution in [1.29, 1.82) is 0 Å². The molecule has 1 fully saturated rings. The topological polar surface area (TPSA) is 59.9 Å². The number of aliphatic hydroxyl groups is 1. The molecule has 1 saturated heterocycles. The van der Waals surface area contributed by atoms with Crippen molar-refractivity contribution in [2.45, 2.75) is 32.5 Å². The molecule has 7 heteroatoms. The molecule has 154 valence electrons. The standard InChI is InChI=1S/C22H27ClN4O2/c1-16-2-4-18-6-7-25(13-19(18)10-16)14-20(28)15-27-9-8-26(22(27)29)12-17-3-5-21(23)24-11-17/h2-5,10-11,20,28H,6-9,12-15H2,1H3. The van der Waals surface area contributed by atoms with Crippen LogP contribution in [-0.2, 0) is 19.5 Å². The van der Waals surface area contributed by atoms with Crippen LogP contribution in [0.4, 0.5) is 4.79 Å². The molecule has 1 atom stereocenters. The van der Waals surface area contributed by atoms with E-state index in [-0.39, 0.29) is 6.03 Å². The van der Waals surface area contributed by atoms with Gasteiger partial charge in [0.05, 0.1) is 6.10 Å². The second-order valence-electron chi connectivity index (χ2n) is 8.05. The molecule has 1 aromatic carbocycles. The van der Waals surface area contributed by atoms with Crippen molar-refractivity contribution in [3.63, 3.8) is 0 Å². The van der Waals surface area contributed by atoms with E-state index in [1.807, 2.05) is 6.07 Å². The molecule has 2 aliphatic rings. The van der Waals surface area contributed by atoms with E-state index < -0.39 is 6.10 Å². The summed E-state index contributed by atoms with van der Waals surface area (Å²) in [5, 5.41) is 11.1. The van der Waals surface area contributed by atoms with E-state index in [9.17, 15) is 9.90 Å². The number of β-amino-alcohol motifs (C(OH)–C–C–N with tert-alkyl or cyclic N) is 1. The number of aryl methyl sites for hydroxylation is 1. The summed E-state index contributed by atoms with van der Waals surface area (Å²) in [6, 6.07) is 10.2. The third kappa shape index (κ3) is 4.89. The molecular formula is C22H27ClN4O2. The number of aromatic nitrogens is 1. The third-order valence-electron chi connectivity index (χ3n) is 5.70. The molecule has 6 nitrogen and oxygen atoms in total. The summed E-state index contributed by atoms with van der Waals surface area (Å²) in [7, 11) is 0. The average Bonchev–Trinajstić information content (AvgIpc) is 3.03. The van der Waals surface area contributed by atoms with Gasteiger partial charge < -0.3 is 14.9 Å². The highest BCUT2D eigenvalue weighted by Crippen LogP contribution is 2.21. The number of halogens is 1. The smallest absolute Gasteiger partial charge is 0.320 e. The number of nitrogens with zero attached hydrogens (tertiary/aromatic N) is 4. The summed E-state index contributed by atoms with van der Waals surface area (Å²) in [5.41, 5.74) is 4.98. The SMILES string of the molecule is Cc1ccc2c(c1)CN(CC(O)CN1CCN(Cc3ccc(Cl)nc3)C1=O)CC2. The zero-order valence-corrected chi connectivity index (χ0v) is 17.5. The van der Waals surface area contributed by atoms with Gasteiger partial charge in [0.25, 0.3) is 0 Å². The first-order valence-corrected chi connectivity index (χ1v) is 10.5. The first-order valence-electron chi connectivity index (χ1n) is 10.1. The first-order chi connectivity index (χ1) is 14.0. The fourth-order valence-corrected chi connectivity index (χ4v) is 4.29. The maximum absolute atomic E-state index is 12.7. The van der Waals surface area contributed by atoms with Crippen molar-refractivity contribution in [1.82, 2.24) is 19.7 Å². The number of aliphatic hydroxyl groups excluding tert-OH is 1. The van der Waals surface area contributed by atoms with Crippen LogP contribution in [0.15, 0.2) is 36.5 Å². The van der Waals surface area contributed by atoms with E-state index in [1.165, 1.54) is 16.7 Å². The average molecular weight is 415 g/mol. The zero-order valence-electron chi connectivity index (χ0n) is 16.7. The van der Waals surface area contributed by atoms with Crippen LogP contribution in [0.25, 0.3) is 0 Å². The molecule has 2 aromatic rings. The predicted molar refractivity (Wildman–Crippen MR) is 113 cm³/mol. The number of hydrogen-bond acceptors (Lipinski definition) is 4. The van der Waals surface area contributed by atoms with Crippen LogP contribution < -0.4 is 0 Å². The highest BCUT2D eigenvalue weighted by molar-refractivity contribution is 6.29. The van der Waals surface area contributed by atoms with Gasteiger partial charge in [0.2, 0.25) is 0 Å². The van der Waals surface area contributed by atoms with Gasteiger partial charge >= 0.3 is 6.03 Å². The summed E-state index contributed by atoms with van der Waals surface area (Å²) in [6.07, 6.45) is 2.15. The lowest BCUT2D eigenvalue weighted by atomic mass is 9.97. The van der Waals surface area contributed by atoms with Crippen molar-refractivity contribution >= 4 is 17.6 Å². The van der Waals surface area contributed by atoms with Crippen LogP contribution in [0.5, 0.6) is 0 Å². The molecule has 29 heavy (non-hydrogen) atoms. The van der Waals surface area contributed by atoms with Gasteiger partial charge in [-0.15, -0.1) is 0 Å². The van der Waals surface area contributed by atoms with Crippen LogP contribution in [0.1, 0.15) is 22.3 Å². The molecule has 0 spiro atoms. The maximum Gasteiger partial charge on any atom is 0.320 e. The predicted octanol–water partition coefficient (Wildman–Crippen LogP) is 2.70. The van der Waals surface area contributed by atoms with E-state index in [0.29, 0.717) is 37.9 Å². The molecule has 0 radical (unpaired) electrons. The van der Waals surface area contributed by atoms with Gasteiger partial charge in [-0.05, 0) is 36.1 Å². The van der Waals surface area contributed by atoms with Gasteiger partial charge in [-0.25, -0.2) is 9.78 Å². The molecule has 3 heterocycles. The monoisotopic (exact) mass is 414 g/mol. The van der Waals surface area contributed by atoms with Gasteiger partial charge in [-0.2, -0.15) is 0 Å². The number of benzene rings is 1. The van der Waals surface area contributed by atoms with Gasteiger partial charge in [0.1, 0.15) is 5.15 Å². The maximum atomic E-state index is 12.7. The van der Waals surface area contributed by atoms with Gasteiger partial charge in [0, 0.05) is 52.0 Å². The Balaban J connectivity index is 1.28. The normalized spacial score (nSPS) is 18.2. The van der Waals surface area contributed by atoms with Crippen LogP contribution in [0, 0.1) is 6.92 Å². The Hall–Kier alpha value is -2.15. The van der Waals surface area contributed by atoms with Crippen molar-refractivity contribution in [3.8, 4) is 0 Å². The Bertz CT molecular complexity index is 874. The van der Waals surface area contributed by atoms with Gasteiger partial charge in [-0.3, -0.25) is 4.90 Å². The number of rotatable bonds is 6. The van der Waals surface area contributed by atoms with Crippen LogP contribution in [0.2, 0.25) is 5.15 Å². The van der Waals surface area contributed by atoms with E-state index >= 15 is 0 Å². The summed E-state index contributed by atoms with van der Waals surface area (Å²) in [6.45, 7) is 6.67. The summed E-state index contributed by atoms with van der Waals surface area (Å²) >= 11 is 5.82. The molecule has 0 aliphatic carbocycles. The molecule has 1 unspecified atom stereocenters. The van der Waals surface area contributed by atoms with Gasteiger partial charge in [-0.1, -0.05) is 41.4 Å². The number of carbonyl (C=O) groups is 1. The van der Waals surface area contributed by atoms with Crippen molar-refractivity contribution < 1.29 is 9.90 Å². The number of pyridine rings is 1. The minimum absolute atomic E-state index is 0.0291. The van der Waals surface area contributed by atoms with Crippen LogP contribution >= 0.6 is 11.6 Å². The summed E-state index contributed by atoms with van der Waals surface area (Å²) in [4.78, 5) is 22.6. The number of carbonyl (C=O) groups excluding carboxylic acids is 1. The fourth-order valence-electron chi connectivity index (χ4n) is 4.18. The molecule has 1 N–H and O–H groups in total. The molecule has 0 saturated carbocycles. The molecule has 1 aromatic heterocycles. The fraction of sp³-hybridized carbons (Fsp3) is 0.455. The minimum Gasteiger partial charge on any atom is -0.390 e.